The highest BCUT2D eigenvalue weighted by molar-refractivity contribution is 5.77. The van der Waals surface area contributed by atoms with Gasteiger partial charge >= 0.3 is 5.69 Å². The topological polar surface area (TPSA) is 71.1 Å². The molecular weight excluding hydrogens is 356 g/mol. The second-order valence-electron chi connectivity index (χ2n) is 7.30. The SMILES string of the molecule is C=CCOc1ccccc1Cn1nc2c(c1C)c(=O)n(C)c(=O)n2CC(C)C. The molecule has 0 saturated carbocycles. The van der Waals surface area contributed by atoms with E-state index in [1.807, 2.05) is 45.0 Å². The lowest BCUT2D eigenvalue weighted by Gasteiger charge is -2.11. The van der Waals surface area contributed by atoms with E-state index in [0.29, 0.717) is 30.7 Å². The number of aromatic nitrogens is 4. The molecule has 3 aromatic rings. The average molecular weight is 382 g/mol. The van der Waals surface area contributed by atoms with Gasteiger partial charge in [-0.2, -0.15) is 5.10 Å². The minimum atomic E-state index is -0.342. The lowest BCUT2D eigenvalue weighted by Crippen LogP contribution is -2.38. The molecule has 148 valence electrons. The van der Waals surface area contributed by atoms with Crippen LogP contribution in [0, 0.1) is 12.8 Å². The standard InChI is InChI=1S/C21H26N4O3/c1-6-11-28-17-10-8-7-9-16(17)13-25-15(4)18-19(22-25)24(12-14(2)3)21(27)23(5)20(18)26/h6-10,14H,1,11-13H2,2-5H3. The van der Waals surface area contributed by atoms with Crippen LogP contribution in [0.15, 0.2) is 46.5 Å². The predicted molar refractivity (Wildman–Crippen MR) is 110 cm³/mol. The summed E-state index contributed by atoms with van der Waals surface area (Å²) in [6, 6.07) is 7.70. The highest BCUT2D eigenvalue weighted by Crippen LogP contribution is 2.21. The van der Waals surface area contributed by atoms with E-state index in [1.54, 1.807) is 15.3 Å². The molecule has 0 amide bonds. The van der Waals surface area contributed by atoms with Crippen molar-refractivity contribution in [2.75, 3.05) is 6.61 Å². The Kier molecular flexibility index (Phi) is 5.53. The molecular formula is C21H26N4O3. The summed E-state index contributed by atoms with van der Waals surface area (Å²) in [5.41, 5.74) is 1.44. The van der Waals surface area contributed by atoms with Gasteiger partial charge in [-0.3, -0.25) is 18.6 Å². The van der Waals surface area contributed by atoms with Crippen molar-refractivity contribution in [3.63, 3.8) is 0 Å². The number of rotatable bonds is 7. The summed E-state index contributed by atoms with van der Waals surface area (Å²) in [5.74, 6) is 0.991. The maximum Gasteiger partial charge on any atom is 0.332 e. The lowest BCUT2D eigenvalue weighted by molar-refractivity contribution is 0.357. The molecule has 2 aromatic heterocycles. The second-order valence-corrected chi connectivity index (χ2v) is 7.30. The molecule has 0 aliphatic rings. The van der Waals surface area contributed by atoms with Crippen LogP contribution in [0.5, 0.6) is 5.75 Å². The van der Waals surface area contributed by atoms with Gasteiger partial charge < -0.3 is 4.74 Å². The summed E-state index contributed by atoms with van der Waals surface area (Å²) in [4.78, 5) is 25.4. The number of benzene rings is 1. The molecule has 7 nitrogen and oxygen atoms in total. The fourth-order valence-electron chi connectivity index (χ4n) is 3.26. The molecule has 0 atom stereocenters. The molecule has 3 rings (SSSR count). The maximum atomic E-state index is 12.7. The molecule has 0 aliphatic heterocycles. The first-order valence-corrected chi connectivity index (χ1v) is 9.33. The van der Waals surface area contributed by atoms with Crippen molar-refractivity contribution >= 4 is 11.0 Å². The molecule has 7 heteroatoms. The Bertz CT molecular complexity index is 1130. The molecule has 0 radical (unpaired) electrons. The summed E-state index contributed by atoms with van der Waals surface area (Å²) >= 11 is 0. The number of aryl methyl sites for hydroxylation is 1. The van der Waals surface area contributed by atoms with Gasteiger partial charge in [-0.15, -0.1) is 0 Å². The molecule has 0 unspecified atom stereocenters. The molecule has 0 fully saturated rings. The van der Waals surface area contributed by atoms with Gasteiger partial charge in [0.1, 0.15) is 17.7 Å². The third-order valence-electron chi connectivity index (χ3n) is 4.68. The predicted octanol–water partition coefficient (Wildman–Crippen LogP) is 2.47. The van der Waals surface area contributed by atoms with Gasteiger partial charge in [-0.25, -0.2) is 4.79 Å². The van der Waals surface area contributed by atoms with E-state index >= 15 is 0 Å². The van der Waals surface area contributed by atoms with Crippen molar-refractivity contribution in [2.24, 2.45) is 13.0 Å². The van der Waals surface area contributed by atoms with Gasteiger partial charge in [-0.05, 0) is 18.9 Å². The molecule has 0 spiro atoms. The molecule has 0 aliphatic carbocycles. The van der Waals surface area contributed by atoms with E-state index in [4.69, 9.17) is 4.74 Å². The number of fused-ring (bicyclic) bond motifs is 1. The van der Waals surface area contributed by atoms with E-state index in [0.717, 1.165) is 21.6 Å². The van der Waals surface area contributed by atoms with Gasteiger partial charge in [-0.1, -0.05) is 44.7 Å². The summed E-state index contributed by atoms with van der Waals surface area (Å²) < 4.78 is 10.2. The molecule has 0 saturated heterocycles. The van der Waals surface area contributed by atoms with Crippen LogP contribution in [-0.4, -0.2) is 25.5 Å². The van der Waals surface area contributed by atoms with Crippen LogP contribution in [0.1, 0.15) is 25.1 Å². The van der Waals surface area contributed by atoms with Crippen LogP contribution in [-0.2, 0) is 20.1 Å². The Hall–Kier alpha value is -3.09. The Morgan fingerprint density at radius 1 is 1.25 bits per heavy atom. The summed E-state index contributed by atoms with van der Waals surface area (Å²) in [7, 11) is 1.51. The number of para-hydroxylation sites is 1. The monoisotopic (exact) mass is 382 g/mol. The van der Waals surface area contributed by atoms with Crippen molar-refractivity contribution in [1.29, 1.82) is 0 Å². The Labute approximate surface area is 163 Å². The normalized spacial score (nSPS) is 11.3. The smallest absolute Gasteiger partial charge is 0.332 e. The fraction of sp³-hybridized carbons (Fsp3) is 0.381. The minimum Gasteiger partial charge on any atom is -0.489 e. The van der Waals surface area contributed by atoms with E-state index < -0.39 is 0 Å². The first-order valence-electron chi connectivity index (χ1n) is 9.33. The number of hydrogen-bond donors (Lipinski definition) is 0. The third-order valence-corrected chi connectivity index (χ3v) is 4.68. The fourth-order valence-corrected chi connectivity index (χ4v) is 3.26. The third kappa shape index (κ3) is 3.52. The number of hydrogen-bond acceptors (Lipinski definition) is 4. The minimum absolute atomic E-state index is 0.247. The van der Waals surface area contributed by atoms with Crippen molar-refractivity contribution in [3.05, 3.63) is 69.0 Å². The van der Waals surface area contributed by atoms with Gasteiger partial charge in [0.15, 0.2) is 5.65 Å². The zero-order valence-electron chi connectivity index (χ0n) is 16.8. The Morgan fingerprint density at radius 2 is 1.96 bits per heavy atom. The Balaban J connectivity index is 2.16. The average Bonchev–Trinajstić information content (AvgIpc) is 2.99. The largest absolute Gasteiger partial charge is 0.489 e. The first-order chi connectivity index (χ1) is 13.3. The van der Waals surface area contributed by atoms with Crippen LogP contribution < -0.4 is 16.0 Å². The molecule has 2 heterocycles. The van der Waals surface area contributed by atoms with Gasteiger partial charge in [0.2, 0.25) is 0 Å². The Morgan fingerprint density at radius 3 is 2.64 bits per heavy atom. The van der Waals surface area contributed by atoms with E-state index in [1.165, 1.54) is 7.05 Å². The van der Waals surface area contributed by atoms with Gasteiger partial charge in [0, 0.05) is 19.2 Å². The van der Waals surface area contributed by atoms with Crippen molar-refractivity contribution in [2.45, 2.75) is 33.9 Å². The van der Waals surface area contributed by atoms with Crippen LogP contribution in [0.3, 0.4) is 0 Å². The summed E-state index contributed by atoms with van der Waals surface area (Å²) in [5, 5.41) is 5.11. The highest BCUT2D eigenvalue weighted by Gasteiger charge is 2.19. The van der Waals surface area contributed by atoms with Crippen molar-refractivity contribution in [1.82, 2.24) is 18.9 Å². The molecule has 0 bridgehead atoms. The van der Waals surface area contributed by atoms with Crippen LogP contribution >= 0.6 is 0 Å². The van der Waals surface area contributed by atoms with Gasteiger partial charge in [0.05, 0.1) is 12.2 Å². The van der Waals surface area contributed by atoms with Crippen LogP contribution in [0.25, 0.3) is 11.0 Å². The van der Waals surface area contributed by atoms with E-state index in [9.17, 15) is 9.59 Å². The molecule has 1 aromatic carbocycles. The van der Waals surface area contributed by atoms with E-state index in [2.05, 4.69) is 11.7 Å². The number of ether oxygens (including phenoxy) is 1. The lowest BCUT2D eigenvalue weighted by atomic mass is 10.2. The zero-order valence-corrected chi connectivity index (χ0v) is 16.8. The first kappa shape index (κ1) is 19.7. The molecule has 0 N–H and O–H groups in total. The zero-order chi connectivity index (χ0) is 20.4. The second kappa shape index (κ2) is 7.88. The van der Waals surface area contributed by atoms with Gasteiger partial charge in [0.25, 0.3) is 5.56 Å². The van der Waals surface area contributed by atoms with E-state index in [-0.39, 0.29) is 17.2 Å². The van der Waals surface area contributed by atoms with Crippen LogP contribution in [0.2, 0.25) is 0 Å². The summed E-state index contributed by atoms with van der Waals surface area (Å²) in [6.07, 6.45) is 1.69. The quantitative estimate of drug-likeness (QED) is 0.589. The molecule has 28 heavy (non-hydrogen) atoms. The highest BCUT2D eigenvalue weighted by atomic mass is 16.5. The van der Waals surface area contributed by atoms with Crippen LogP contribution in [0.4, 0.5) is 0 Å². The summed E-state index contributed by atoms with van der Waals surface area (Å²) in [6.45, 7) is 10.9. The van der Waals surface area contributed by atoms with Crippen molar-refractivity contribution < 1.29 is 4.74 Å². The number of nitrogens with zero attached hydrogens (tertiary/aromatic N) is 4. The van der Waals surface area contributed by atoms with Crippen molar-refractivity contribution in [3.8, 4) is 5.75 Å². The maximum absolute atomic E-state index is 12.7.